The Labute approximate surface area is 128 Å². The predicted octanol–water partition coefficient (Wildman–Crippen LogP) is 4.60. The summed E-state index contributed by atoms with van der Waals surface area (Å²) < 4.78 is 0. The second-order valence-corrected chi connectivity index (χ2v) is 10.2. The summed E-state index contributed by atoms with van der Waals surface area (Å²) in [5.74, 6) is 6.26. The number of Topliss-reactive ketones (excluding diaryl/α,β-unsaturated/α-hetero) is 1. The van der Waals surface area contributed by atoms with E-state index in [2.05, 4.69) is 0 Å². The normalized spacial score (nSPS) is 62.7. The first-order valence-corrected chi connectivity index (χ1v) is 9.70. The Morgan fingerprint density at radius 3 is 1.52 bits per heavy atom. The largest absolute Gasteiger partial charge is 0.298 e. The highest BCUT2D eigenvalue weighted by molar-refractivity contribution is 5.92. The van der Waals surface area contributed by atoms with Crippen LogP contribution in [0.2, 0.25) is 0 Å². The molecule has 0 saturated heterocycles. The van der Waals surface area contributed by atoms with Crippen molar-refractivity contribution in [1.82, 2.24) is 0 Å². The average molecular weight is 284 g/mol. The van der Waals surface area contributed by atoms with Gasteiger partial charge in [0.2, 0.25) is 0 Å². The second kappa shape index (κ2) is 3.60. The minimum atomic E-state index is 0.175. The first-order valence-electron chi connectivity index (χ1n) is 9.70. The molecule has 21 heavy (non-hydrogen) atoms. The topological polar surface area (TPSA) is 17.1 Å². The van der Waals surface area contributed by atoms with Gasteiger partial charge in [0.15, 0.2) is 0 Å². The first-order chi connectivity index (χ1) is 10.2. The van der Waals surface area contributed by atoms with E-state index in [0.717, 1.165) is 41.3 Å². The Morgan fingerprint density at radius 1 is 0.619 bits per heavy atom. The minimum absolute atomic E-state index is 0.175. The Bertz CT molecular complexity index is 469. The number of hydrogen-bond donors (Lipinski definition) is 0. The summed E-state index contributed by atoms with van der Waals surface area (Å²) in [6, 6.07) is 0. The molecule has 8 bridgehead atoms. The molecule has 8 aliphatic rings. The lowest BCUT2D eigenvalue weighted by molar-refractivity contribution is -0.156. The van der Waals surface area contributed by atoms with Gasteiger partial charge in [-0.3, -0.25) is 4.79 Å². The molecule has 0 aromatic carbocycles. The van der Waals surface area contributed by atoms with Gasteiger partial charge >= 0.3 is 0 Å². The van der Waals surface area contributed by atoms with Crippen molar-refractivity contribution in [3.63, 3.8) is 0 Å². The standard InChI is InChI=1S/C20H28O/c21-18(20-10-15-4-16(11-20)6-17(20)5-15)19-7-12-1-13(8-19)3-14(2-12)9-19/h12-17H,1-11H2/t12?,13?,14?,15-,16+,17?,19?,20?. The SMILES string of the molecule is O=C(C12CC3CC(CC(C3)C1)C2)C12C[C@@H]3CC1C[C@@H](C3)C2. The summed E-state index contributed by atoms with van der Waals surface area (Å²) in [7, 11) is 0. The smallest absolute Gasteiger partial charge is 0.145 e. The van der Waals surface area contributed by atoms with Crippen LogP contribution in [0.4, 0.5) is 0 Å². The van der Waals surface area contributed by atoms with Gasteiger partial charge in [0.25, 0.3) is 0 Å². The minimum Gasteiger partial charge on any atom is -0.298 e. The van der Waals surface area contributed by atoms with Gasteiger partial charge in [0.05, 0.1) is 0 Å². The lowest BCUT2D eigenvalue weighted by Gasteiger charge is -2.58. The molecule has 1 nitrogen and oxygen atoms in total. The summed E-state index contributed by atoms with van der Waals surface area (Å²) in [4.78, 5) is 13.9. The van der Waals surface area contributed by atoms with Gasteiger partial charge in [-0.1, -0.05) is 0 Å². The van der Waals surface area contributed by atoms with E-state index in [9.17, 15) is 4.79 Å². The molecule has 114 valence electrons. The molecule has 8 saturated carbocycles. The van der Waals surface area contributed by atoms with E-state index in [1.54, 1.807) is 0 Å². The fraction of sp³-hybridized carbons (Fsp3) is 0.950. The van der Waals surface area contributed by atoms with E-state index in [4.69, 9.17) is 0 Å². The van der Waals surface area contributed by atoms with Crippen LogP contribution in [0.3, 0.4) is 0 Å². The summed E-state index contributed by atoms with van der Waals surface area (Å²) in [5.41, 5.74) is 0.368. The first kappa shape index (κ1) is 12.1. The molecule has 0 radical (unpaired) electrons. The van der Waals surface area contributed by atoms with Crippen molar-refractivity contribution in [2.45, 2.75) is 70.6 Å². The maximum atomic E-state index is 13.9. The average Bonchev–Trinajstić information content (AvgIpc) is 2.82. The van der Waals surface area contributed by atoms with Gasteiger partial charge in [0, 0.05) is 10.8 Å². The third-order valence-corrected chi connectivity index (χ3v) is 8.96. The van der Waals surface area contributed by atoms with E-state index in [0.29, 0.717) is 0 Å². The molecule has 8 fully saturated rings. The van der Waals surface area contributed by atoms with E-state index in [1.807, 2.05) is 0 Å². The van der Waals surface area contributed by atoms with Gasteiger partial charge < -0.3 is 0 Å². The molecule has 0 heterocycles. The lowest BCUT2D eigenvalue weighted by atomic mass is 9.46. The van der Waals surface area contributed by atoms with Crippen LogP contribution in [0.1, 0.15) is 70.6 Å². The summed E-state index contributed by atoms with van der Waals surface area (Å²) in [6.07, 6.45) is 15.2. The maximum Gasteiger partial charge on any atom is 0.145 e. The fourth-order valence-electron chi connectivity index (χ4n) is 9.08. The lowest BCUT2D eigenvalue weighted by Crippen LogP contribution is -2.54. The monoisotopic (exact) mass is 284 g/mol. The van der Waals surface area contributed by atoms with Crippen LogP contribution in [0.5, 0.6) is 0 Å². The van der Waals surface area contributed by atoms with Crippen LogP contribution in [0.25, 0.3) is 0 Å². The number of rotatable bonds is 2. The third kappa shape index (κ3) is 1.38. The van der Waals surface area contributed by atoms with Crippen LogP contribution in [0, 0.1) is 46.3 Å². The zero-order valence-electron chi connectivity index (χ0n) is 13.2. The van der Waals surface area contributed by atoms with Crippen molar-refractivity contribution in [1.29, 1.82) is 0 Å². The van der Waals surface area contributed by atoms with Crippen molar-refractivity contribution >= 4 is 5.78 Å². The molecule has 8 aliphatic carbocycles. The van der Waals surface area contributed by atoms with Crippen molar-refractivity contribution in [3.8, 4) is 0 Å². The highest BCUT2D eigenvalue weighted by atomic mass is 16.1. The number of carbonyl (C=O) groups excluding carboxylic acids is 1. The van der Waals surface area contributed by atoms with Gasteiger partial charge in [0.1, 0.15) is 5.78 Å². The number of carbonyl (C=O) groups is 1. The Kier molecular flexibility index (Phi) is 2.08. The molecular formula is C20H28O. The Hall–Kier alpha value is -0.330. The zero-order valence-corrected chi connectivity index (χ0v) is 13.2. The molecule has 0 aromatic heterocycles. The fourth-order valence-corrected chi connectivity index (χ4v) is 9.08. The molecule has 0 aliphatic heterocycles. The van der Waals surface area contributed by atoms with Crippen LogP contribution in [-0.4, -0.2) is 5.78 Å². The van der Waals surface area contributed by atoms with Gasteiger partial charge in [-0.15, -0.1) is 0 Å². The van der Waals surface area contributed by atoms with Crippen LogP contribution < -0.4 is 0 Å². The van der Waals surface area contributed by atoms with Crippen LogP contribution >= 0.6 is 0 Å². The van der Waals surface area contributed by atoms with Crippen LogP contribution in [0.15, 0.2) is 0 Å². The van der Waals surface area contributed by atoms with Gasteiger partial charge in [-0.05, 0) is 106 Å². The molecule has 0 aromatic rings. The number of ketones is 1. The highest BCUT2D eigenvalue weighted by Crippen LogP contribution is 2.70. The van der Waals surface area contributed by atoms with E-state index in [-0.39, 0.29) is 10.8 Å². The van der Waals surface area contributed by atoms with Crippen molar-refractivity contribution in [3.05, 3.63) is 0 Å². The predicted molar refractivity (Wildman–Crippen MR) is 81.6 cm³/mol. The molecule has 0 amide bonds. The molecular weight excluding hydrogens is 256 g/mol. The Morgan fingerprint density at radius 2 is 1.05 bits per heavy atom. The number of hydrogen-bond acceptors (Lipinski definition) is 1. The zero-order chi connectivity index (χ0) is 13.8. The van der Waals surface area contributed by atoms with E-state index >= 15 is 0 Å². The van der Waals surface area contributed by atoms with Gasteiger partial charge in [-0.25, -0.2) is 0 Å². The van der Waals surface area contributed by atoms with Crippen molar-refractivity contribution in [2.24, 2.45) is 46.3 Å². The molecule has 8 rings (SSSR count). The molecule has 1 heteroatoms. The third-order valence-electron chi connectivity index (χ3n) is 8.96. The van der Waals surface area contributed by atoms with Crippen molar-refractivity contribution < 1.29 is 4.79 Å². The van der Waals surface area contributed by atoms with E-state index in [1.165, 1.54) is 70.6 Å². The highest BCUT2D eigenvalue weighted by Gasteiger charge is 2.66. The summed E-state index contributed by atoms with van der Waals surface area (Å²) in [6.45, 7) is 0. The molecule has 0 N–H and O–H groups in total. The molecule has 2 unspecified atom stereocenters. The quantitative estimate of drug-likeness (QED) is 0.724. The van der Waals surface area contributed by atoms with Gasteiger partial charge in [-0.2, -0.15) is 0 Å². The van der Waals surface area contributed by atoms with Crippen molar-refractivity contribution in [2.75, 3.05) is 0 Å². The molecule has 4 atom stereocenters. The molecule has 0 spiro atoms. The second-order valence-electron chi connectivity index (χ2n) is 10.2. The maximum absolute atomic E-state index is 13.9. The Balaban J connectivity index is 1.40. The van der Waals surface area contributed by atoms with Crippen LogP contribution in [-0.2, 0) is 4.79 Å². The summed E-state index contributed by atoms with van der Waals surface area (Å²) >= 11 is 0. The van der Waals surface area contributed by atoms with E-state index < -0.39 is 0 Å². The summed E-state index contributed by atoms with van der Waals surface area (Å²) in [5, 5.41) is 0.